The second-order valence-electron chi connectivity index (χ2n) is 6.31. The topological polar surface area (TPSA) is 79.5 Å². The van der Waals surface area contributed by atoms with Crippen molar-refractivity contribution in [3.63, 3.8) is 0 Å². The van der Waals surface area contributed by atoms with Gasteiger partial charge < -0.3 is 15.4 Å². The summed E-state index contributed by atoms with van der Waals surface area (Å²) in [5, 5.41) is 8.56. The number of carbonyl (C=O) groups is 2. The number of thiocarbonyl (C=S) groups is 1. The number of carbonyl (C=O) groups excluding carboxylic acids is 2. The Hall–Kier alpha value is -2.29. The van der Waals surface area contributed by atoms with Gasteiger partial charge >= 0.3 is 0 Å². The second kappa shape index (κ2) is 9.77. The first-order valence-electron chi connectivity index (χ1n) is 8.89. The summed E-state index contributed by atoms with van der Waals surface area (Å²) in [7, 11) is 0. The maximum atomic E-state index is 12.5. The number of ether oxygens (including phenoxy) is 1. The molecule has 1 unspecified atom stereocenters. The molecule has 1 heterocycles. The van der Waals surface area contributed by atoms with E-state index in [2.05, 4.69) is 31.9 Å². The van der Waals surface area contributed by atoms with Crippen LogP contribution in [0.3, 0.4) is 0 Å². The van der Waals surface area contributed by atoms with Gasteiger partial charge in [-0.15, -0.1) is 0 Å². The van der Waals surface area contributed by atoms with Crippen molar-refractivity contribution in [1.82, 2.24) is 10.6 Å². The van der Waals surface area contributed by atoms with Crippen molar-refractivity contribution in [3.8, 4) is 0 Å². The number of benzene rings is 2. The molecule has 3 rings (SSSR count). The molecule has 1 aliphatic rings. The van der Waals surface area contributed by atoms with Crippen LogP contribution in [-0.2, 0) is 4.74 Å². The number of halogens is 1. The van der Waals surface area contributed by atoms with Crippen LogP contribution in [-0.4, -0.2) is 36.2 Å². The third-order valence-corrected chi connectivity index (χ3v) is 4.95. The minimum atomic E-state index is -0.334. The number of hydrogen-bond donors (Lipinski definition) is 3. The van der Waals surface area contributed by atoms with E-state index in [9.17, 15) is 9.59 Å². The van der Waals surface area contributed by atoms with Crippen LogP contribution in [0.5, 0.6) is 0 Å². The summed E-state index contributed by atoms with van der Waals surface area (Å²) in [5.41, 5.74) is 1.44. The van der Waals surface area contributed by atoms with Crippen LogP contribution in [0.2, 0.25) is 0 Å². The Balaban J connectivity index is 1.61. The first-order valence-corrected chi connectivity index (χ1v) is 10.1. The smallest absolute Gasteiger partial charge is 0.257 e. The molecule has 3 N–H and O–H groups in total. The van der Waals surface area contributed by atoms with Gasteiger partial charge in [0, 0.05) is 23.2 Å². The Morgan fingerprint density at radius 3 is 2.71 bits per heavy atom. The van der Waals surface area contributed by atoms with Crippen LogP contribution in [0.25, 0.3) is 0 Å². The summed E-state index contributed by atoms with van der Waals surface area (Å²) in [5.74, 6) is -0.557. The normalized spacial score (nSPS) is 15.7. The number of para-hydroxylation sites is 1. The molecule has 0 aliphatic carbocycles. The van der Waals surface area contributed by atoms with Gasteiger partial charge in [-0.3, -0.25) is 14.9 Å². The molecule has 2 amide bonds. The Bertz CT molecular complexity index is 885. The maximum Gasteiger partial charge on any atom is 0.257 e. The van der Waals surface area contributed by atoms with E-state index >= 15 is 0 Å². The van der Waals surface area contributed by atoms with Gasteiger partial charge in [-0.05, 0) is 55.4 Å². The first-order chi connectivity index (χ1) is 13.5. The maximum absolute atomic E-state index is 12.5. The lowest BCUT2D eigenvalue weighted by molar-refractivity contribution is 0.0858. The molecule has 0 radical (unpaired) electrons. The molecule has 8 heteroatoms. The zero-order valence-electron chi connectivity index (χ0n) is 15.0. The van der Waals surface area contributed by atoms with Gasteiger partial charge in [-0.1, -0.05) is 34.1 Å². The zero-order chi connectivity index (χ0) is 19.9. The van der Waals surface area contributed by atoms with Gasteiger partial charge in [-0.2, -0.15) is 0 Å². The van der Waals surface area contributed by atoms with Crippen LogP contribution < -0.4 is 16.0 Å². The SMILES string of the molecule is O=C(NC(=S)Nc1ccccc1C(=O)NCC1CCCO1)c1cccc(Br)c1. The fourth-order valence-electron chi connectivity index (χ4n) is 2.86. The summed E-state index contributed by atoms with van der Waals surface area (Å²) in [6.45, 7) is 1.21. The Morgan fingerprint density at radius 2 is 1.96 bits per heavy atom. The van der Waals surface area contributed by atoms with E-state index in [4.69, 9.17) is 17.0 Å². The highest BCUT2D eigenvalue weighted by molar-refractivity contribution is 9.10. The quantitative estimate of drug-likeness (QED) is 0.593. The zero-order valence-corrected chi connectivity index (χ0v) is 17.4. The standard InChI is InChI=1S/C20H20BrN3O3S/c21-14-6-3-5-13(11-14)18(25)24-20(28)23-17-9-2-1-8-16(17)19(26)22-12-15-7-4-10-27-15/h1-3,5-6,8-9,11,15H,4,7,10,12H2,(H,22,26)(H2,23,24,25,28). The van der Waals surface area contributed by atoms with E-state index < -0.39 is 0 Å². The second-order valence-corrected chi connectivity index (χ2v) is 7.63. The van der Waals surface area contributed by atoms with Crippen molar-refractivity contribution in [2.75, 3.05) is 18.5 Å². The third kappa shape index (κ3) is 5.60. The number of nitrogens with one attached hydrogen (secondary N) is 3. The van der Waals surface area contributed by atoms with Crippen molar-refractivity contribution in [2.24, 2.45) is 0 Å². The minimum Gasteiger partial charge on any atom is -0.376 e. The number of rotatable bonds is 5. The largest absolute Gasteiger partial charge is 0.376 e. The van der Waals surface area contributed by atoms with E-state index in [-0.39, 0.29) is 23.0 Å². The van der Waals surface area contributed by atoms with Gasteiger partial charge in [0.1, 0.15) is 0 Å². The van der Waals surface area contributed by atoms with E-state index in [0.29, 0.717) is 23.4 Å². The predicted molar refractivity (Wildman–Crippen MR) is 116 cm³/mol. The van der Waals surface area contributed by atoms with E-state index in [1.54, 1.807) is 42.5 Å². The van der Waals surface area contributed by atoms with E-state index in [0.717, 1.165) is 23.9 Å². The van der Waals surface area contributed by atoms with Crippen LogP contribution in [0.15, 0.2) is 53.0 Å². The molecule has 1 atom stereocenters. The highest BCUT2D eigenvalue weighted by Crippen LogP contribution is 2.16. The molecule has 28 heavy (non-hydrogen) atoms. The molecule has 1 saturated heterocycles. The van der Waals surface area contributed by atoms with Gasteiger partial charge in [0.15, 0.2) is 5.11 Å². The van der Waals surface area contributed by atoms with Crippen LogP contribution in [0.4, 0.5) is 5.69 Å². The molecule has 2 aromatic carbocycles. The molecule has 0 saturated carbocycles. The van der Waals surface area contributed by atoms with Crippen LogP contribution >= 0.6 is 28.1 Å². The predicted octanol–water partition coefficient (Wildman–Crippen LogP) is 3.48. The monoisotopic (exact) mass is 461 g/mol. The van der Waals surface area contributed by atoms with E-state index in [1.165, 1.54) is 0 Å². The molecule has 146 valence electrons. The summed E-state index contributed by atoms with van der Waals surface area (Å²) >= 11 is 8.57. The van der Waals surface area contributed by atoms with Crippen molar-refractivity contribution in [3.05, 3.63) is 64.1 Å². The fourth-order valence-corrected chi connectivity index (χ4v) is 3.46. The fraction of sp³-hybridized carbons (Fsp3) is 0.250. The first kappa shape index (κ1) is 20.4. The van der Waals surface area contributed by atoms with Crippen LogP contribution in [0, 0.1) is 0 Å². The molecular formula is C20H20BrN3O3S. The highest BCUT2D eigenvalue weighted by atomic mass is 79.9. The van der Waals surface area contributed by atoms with E-state index in [1.807, 2.05) is 6.07 Å². The molecule has 1 aliphatic heterocycles. The molecule has 0 bridgehead atoms. The van der Waals surface area contributed by atoms with Crippen molar-refractivity contribution >= 4 is 50.8 Å². The van der Waals surface area contributed by atoms with Crippen molar-refractivity contribution in [1.29, 1.82) is 0 Å². The third-order valence-electron chi connectivity index (χ3n) is 4.25. The lowest BCUT2D eigenvalue weighted by atomic mass is 10.1. The Labute approximate surface area is 177 Å². The average molecular weight is 462 g/mol. The lowest BCUT2D eigenvalue weighted by Gasteiger charge is -2.15. The Kier molecular flexibility index (Phi) is 7.13. The summed E-state index contributed by atoms with van der Waals surface area (Å²) in [6, 6.07) is 14.0. The summed E-state index contributed by atoms with van der Waals surface area (Å²) in [6.07, 6.45) is 2.03. The average Bonchev–Trinajstić information content (AvgIpc) is 3.20. The number of anilines is 1. The highest BCUT2D eigenvalue weighted by Gasteiger charge is 2.18. The number of hydrogen-bond acceptors (Lipinski definition) is 4. The van der Waals surface area contributed by atoms with Crippen LogP contribution in [0.1, 0.15) is 33.6 Å². The lowest BCUT2D eigenvalue weighted by Crippen LogP contribution is -2.35. The Morgan fingerprint density at radius 1 is 1.14 bits per heavy atom. The van der Waals surface area contributed by atoms with Crippen molar-refractivity contribution in [2.45, 2.75) is 18.9 Å². The van der Waals surface area contributed by atoms with Gasteiger partial charge in [0.2, 0.25) is 0 Å². The molecular weight excluding hydrogens is 442 g/mol. The minimum absolute atomic E-state index is 0.0645. The van der Waals surface area contributed by atoms with Gasteiger partial charge in [0.25, 0.3) is 11.8 Å². The summed E-state index contributed by atoms with van der Waals surface area (Å²) < 4.78 is 6.32. The number of amides is 2. The van der Waals surface area contributed by atoms with Gasteiger partial charge in [-0.25, -0.2) is 0 Å². The summed E-state index contributed by atoms with van der Waals surface area (Å²) in [4.78, 5) is 24.9. The molecule has 0 spiro atoms. The molecule has 2 aromatic rings. The molecule has 6 nitrogen and oxygen atoms in total. The molecule has 1 fully saturated rings. The van der Waals surface area contributed by atoms with Crippen molar-refractivity contribution < 1.29 is 14.3 Å². The van der Waals surface area contributed by atoms with Gasteiger partial charge in [0.05, 0.1) is 17.4 Å². The molecule has 0 aromatic heterocycles.